The van der Waals surface area contributed by atoms with E-state index in [-0.39, 0.29) is 12.5 Å². The van der Waals surface area contributed by atoms with Crippen LogP contribution in [-0.4, -0.2) is 36.5 Å². The molecule has 0 amide bonds. The van der Waals surface area contributed by atoms with Gasteiger partial charge in [-0.15, -0.1) is 0 Å². The second-order valence-corrected chi connectivity index (χ2v) is 4.67. The molecule has 19 heavy (non-hydrogen) atoms. The number of fused-ring (bicyclic) bond motifs is 1. The van der Waals surface area contributed by atoms with Crippen molar-refractivity contribution in [1.29, 1.82) is 0 Å². The molecule has 1 heterocycles. The topological polar surface area (TPSA) is 45.3 Å². The number of esters is 1. The van der Waals surface area contributed by atoms with Crippen LogP contribution in [0.1, 0.15) is 20.3 Å². The average molecular weight is 261 g/mol. The van der Waals surface area contributed by atoms with E-state index in [9.17, 15) is 4.79 Å². The fourth-order valence-corrected chi connectivity index (χ4v) is 1.94. The van der Waals surface area contributed by atoms with Crippen LogP contribution in [0.3, 0.4) is 0 Å². The maximum Gasteiger partial charge on any atom is 0.310 e. The van der Waals surface area contributed by atoms with Crippen molar-refractivity contribution in [3.8, 4) is 5.75 Å². The molecular formula is C15H20N2O2. The van der Waals surface area contributed by atoms with Crippen molar-refractivity contribution in [2.75, 3.05) is 20.6 Å². The van der Waals surface area contributed by atoms with Crippen molar-refractivity contribution in [2.24, 2.45) is 0 Å². The van der Waals surface area contributed by atoms with Crippen molar-refractivity contribution in [1.82, 2.24) is 9.88 Å². The van der Waals surface area contributed by atoms with Gasteiger partial charge in [-0.2, -0.15) is 0 Å². The smallest absolute Gasteiger partial charge is 0.310 e. The van der Waals surface area contributed by atoms with Gasteiger partial charge in [-0.3, -0.25) is 4.79 Å². The van der Waals surface area contributed by atoms with E-state index in [1.54, 1.807) is 13.0 Å². The van der Waals surface area contributed by atoms with Gasteiger partial charge in [0.2, 0.25) is 0 Å². The largest absolute Gasteiger partial charge is 0.426 e. The minimum absolute atomic E-state index is 0.250. The molecule has 1 aromatic heterocycles. The first-order chi connectivity index (χ1) is 9.52. The molecule has 4 nitrogen and oxygen atoms in total. The highest BCUT2D eigenvalue weighted by molar-refractivity contribution is 5.91. The summed E-state index contributed by atoms with van der Waals surface area (Å²) in [6.07, 6.45) is 2.81. The van der Waals surface area contributed by atoms with Gasteiger partial charge in [0.15, 0.2) is 0 Å². The summed E-state index contributed by atoms with van der Waals surface area (Å²) < 4.78 is 13.4. The molecule has 1 aromatic carbocycles. The molecule has 0 spiro atoms. The average Bonchev–Trinajstić information content (AvgIpc) is 2.82. The van der Waals surface area contributed by atoms with E-state index in [4.69, 9.17) is 6.11 Å². The maximum absolute atomic E-state index is 11.5. The molecular weight excluding hydrogens is 240 g/mol. The number of nitrogens with one attached hydrogen (secondary N) is 1. The van der Waals surface area contributed by atoms with E-state index in [1.165, 1.54) is 0 Å². The van der Waals surface area contributed by atoms with E-state index < -0.39 is 0 Å². The van der Waals surface area contributed by atoms with Gasteiger partial charge in [0.05, 0.1) is 0 Å². The molecule has 0 aliphatic heterocycles. The van der Waals surface area contributed by atoms with Crippen molar-refractivity contribution >= 4 is 16.9 Å². The summed E-state index contributed by atoms with van der Waals surface area (Å²) >= 11 is 0. The number of nitrogens with zero attached hydrogens (tertiary/aromatic N) is 1. The number of carbonyl (C=O) groups is 1. The summed E-state index contributed by atoms with van der Waals surface area (Å²) in [6.45, 7) is 1.44. The Bertz CT molecular complexity index is 607. The summed E-state index contributed by atoms with van der Waals surface area (Å²) in [5.74, 6) is 0.316. The van der Waals surface area contributed by atoms with Crippen LogP contribution in [-0.2, 0) is 11.2 Å². The van der Waals surface area contributed by atoms with Gasteiger partial charge in [-0.1, -0.05) is 13.0 Å². The molecule has 1 unspecified atom stereocenters. The number of hydrogen-bond donors (Lipinski definition) is 1. The van der Waals surface area contributed by atoms with Crippen molar-refractivity contribution in [3.05, 3.63) is 30.0 Å². The third kappa shape index (κ3) is 3.15. The van der Waals surface area contributed by atoms with E-state index in [0.717, 1.165) is 16.5 Å². The first-order valence-corrected chi connectivity index (χ1v) is 6.41. The molecule has 1 atom stereocenters. The van der Waals surface area contributed by atoms with E-state index in [0.29, 0.717) is 18.6 Å². The van der Waals surface area contributed by atoms with Gasteiger partial charge >= 0.3 is 5.97 Å². The van der Waals surface area contributed by atoms with Crippen LogP contribution in [0.15, 0.2) is 24.4 Å². The zero-order valence-electron chi connectivity index (χ0n) is 12.6. The number of rotatable bonds is 5. The SMILES string of the molecule is [2H]C(Cc1c[nH]c2cccc(OC(=O)CC)c12)N(C)C. The van der Waals surface area contributed by atoms with Crippen LogP contribution in [0.4, 0.5) is 0 Å². The number of ether oxygens (including phenoxy) is 1. The summed E-state index contributed by atoms with van der Waals surface area (Å²) in [7, 11) is 3.76. The summed E-state index contributed by atoms with van der Waals surface area (Å²) in [6, 6.07) is 5.59. The van der Waals surface area contributed by atoms with Crippen molar-refractivity contribution in [2.45, 2.75) is 19.8 Å². The zero-order chi connectivity index (χ0) is 14.7. The molecule has 0 radical (unpaired) electrons. The fraction of sp³-hybridized carbons (Fsp3) is 0.400. The van der Waals surface area contributed by atoms with Crippen LogP contribution in [0.5, 0.6) is 5.75 Å². The normalized spacial score (nSPS) is 13.6. The lowest BCUT2D eigenvalue weighted by Gasteiger charge is -2.10. The molecule has 0 saturated heterocycles. The molecule has 0 aliphatic carbocycles. The minimum atomic E-state index is -0.330. The Morgan fingerprint density at radius 1 is 1.47 bits per heavy atom. The Morgan fingerprint density at radius 2 is 2.26 bits per heavy atom. The van der Waals surface area contributed by atoms with E-state index in [1.807, 2.05) is 37.3 Å². The standard InChI is InChI=1S/C15H20N2O2/c1-4-14(18)19-13-7-5-6-12-15(13)11(10-16-12)8-9-17(2)3/h5-7,10,16H,4,8-9H2,1-3H3/i9D. The summed E-state index contributed by atoms with van der Waals surface area (Å²) in [5.41, 5.74) is 1.92. The highest BCUT2D eigenvalue weighted by Gasteiger charge is 2.12. The number of hydrogen-bond acceptors (Lipinski definition) is 3. The minimum Gasteiger partial charge on any atom is -0.426 e. The van der Waals surface area contributed by atoms with Crippen molar-refractivity contribution < 1.29 is 10.9 Å². The molecule has 0 saturated carbocycles. The molecule has 2 aromatic rings. The zero-order valence-corrected chi connectivity index (χ0v) is 11.6. The van der Waals surface area contributed by atoms with Gasteiger partial charge < -0.3 is 14.6 Å². The van der Waals surface area contributed by atoms with Crippen LogP contribution in [0.25, 0.3) is 10.9 Å². The van der Waals surface area contributed by atoms with Crippen LogP contribution in [0, 0.1) is 0 Å². The second-order valence-electron chi connectivity index (χ2n) is 4.67. The Morgan fingerprint density at radius 3 is 2.95 bits per heavy atom. The number of benzene rings is 1. The van der Waals surface area contributed by atoms with Crippen LogP contribution in [0.2, 0.25) is 0 Å². The Balaban J connectivity index is 2.38. The maximum atomic E-state index is 11.5. The van der Waals surface area contributed by atoms with E-state index in [2.05, 4.69) is 4.98 Å². The van der Waals surface area contributed by atoms with Gasteiger partial charge in [-0.05, 0) is 38.2 Å². The van der Waals surface area contributed by atoms with Gasteiger partial charge in [-0.25, -0.2) is 0 Å². The van der Waals surface area contributed by atoms with Gasteiger partial charge in [0.25, 0.3) is 0 Å². The van der Waals surface area contributed by atoms with Gasteiger partial charge in [0.1, 0.15) is 5.75 Å². The highest BCUT2D eigenvalue weighted by Crippen LogP contribution is 2.29. The fourth-order valence-electron chi connectivity index (χ4n) is 1.94. The quantitative estimate of drug-likeness (QED) is 0.664. The number of carbonyl (C=O) groups excluding carboxylic acids is 1. The second kappa shape index (κ2) is 5.89. The summed E-state index contributed by atoms with van der Waals surface area (Å²) in [5, 5.41) is 0.897. The van der Waals surface area contributed by atoms with Crippen LogP contribution < -0.4 is 4.74 Å². The Labute approximate surface area is 114 Å². The molecule has 1 N–H and O–H groups in total. The molecule has 4 heteroatoms. The van der Waals surface area contributed by atoms with Crippen LogP contribution >= 0.6 is 0 Å². The first-order valence-electron chi connectivity index (χ1n) is 6.99. The summed E-state index contributed by atoms with van der Waals surface area (Å²) in [4.78, 5) is 16.5. The molecule has 0 aliphatic rings. The van der Waals surface area contributed by atoms with E-state index >= 15 is 0 Å². The lowest BCUT2D eigenvalue weighted by atomic mass is 10.1. The lowest BCUT2D eigenvalue weighted by Crippen LogP contribution is -2.15. The Kier molecular flexibility index (Phi) is 3.79. The highest BCUT2D eigenvalue weighted by atomic mass is 16.5. The molecule has 0 fully saturated rings. The monoisotopic (exact) mass is 261 g/mol. The third-order valence-corrected chi connectivity index (χ3v) is 2.94. The Hall–Kier alpha value is -1.81. The first kappa shape index (κ1) is 12.2. The number of likely N-dealkylation sites (N-methyl/N-ethyl adjacent to an activating group) is 1. The number of aryl methyl sites for hydroxylation is 1. The molecule has 102 valence electrons. The lowest BCUT2D eigenvalue weighted by molar-refractivity contribution is -0.133. The van der Waals surface area contributed by atoms with Gasteiger partial charge in [0, 0.05) is 31.4 Å². The van der Waals surface area contributed by atoms with Crippen molar-refractivity contribution in [3.63, 3.8) is 0 Å². The number of aromatic amines is 1. The predicted octanol–water partition coefficient (Wildman–Crippen LogP) is 2.59. The molecule has 0 bridgehead atoms. The third-order valence-electron chi connectivity index (χ3n) is 2.94. The number of aromatic nitrogens is 1. The number of H-pyrrole nitrogens is 1. The molecule has 2 rings (SSSR count). The predicted molar refractivity (Wildman–Crippen MR) is 76.5 cm³/mol.